The maximum absolute atomic E-state index is 12.8. The minimum Gasteiger partial charge on any atom is -0.496 e. The monoisotopic (exact) mass is 485 g/mol. The number of amides is 1. The lowest BCUT2D eigenvalue weighted by molar-refractivity contribution is -0.384. The van der Waals surface area contributed by atoms with E-state index in [1.165, 1.54) is 43.5 Å². The van der Waals surface area contributed by atoms with Crippen molar-refractivity contribution >= 4 is 27.3 Å². The van der Waals surface area contributed by atoms with Gasteiger partial charge < -0.3 is 14.8 Å². The molecular weight excluding hydrogens is 462 g/mol. The number of non-ortho nitro benzene ring substituents is 1. The molecular formula is C23H23N3O7S. The number of methoxy groups -OCH3 is 2. The van der Waals surface area contributed by atoms with Gasteiger partial charge in [-0.05, 0) is 43.3 Å². The van der Waals surface area contributed by atoms with Gasteiger partial charge in [0.1, 0.15) is 11.5 Å². The van der Waals surface area contributed by atoms with Crippen LogP contribution in [0.4, 0.5) is 11.4 Å². The average molecular weight is 486 g/mol. The first-order valence-electron chi connectivity index (χ1n) is 10.1. The summed E-state index contributed by atoms with van der Waals surface area (Å²) in [6, 6.07) is 15.8. The van der Waals surface area contributed by atoms with Gasteiger partial charge in [-0.3, -0.25) is 19.6 Å². The maximum atomic E-state index is 12.8. The van der Waals surface area contributed by atoms with Crippen LogP contribution in [-0.4, -0.2) is 33.5 Å². The molecule has 0 heterocycles. The summed E-state index contributed by atoms with van der Waals surface area (Å²) in [5.74, 6) is 0.366. The van der Waals surface area contributed by atoms with Gasteiger partial charge in [-0.15, -0.1) is 0 Å². The average Bonchev–Trinajstić information content (AvgIpc) is 2.83. The molecule has 1 unspecified atom stereocenters. The molecule has 1 amide bonds. The number of nitrogens with one attached hydrogen (secondary N) is 2. The molecule has 3 aromatic carbocycles. The van der Waals surface area contributed by atoms with Crippen LogP contribution in [0.5, 0.6) is 11.5 Å². The summed E-state index contributed by atoms with van der Waals surface area (Å²) in [6.07, 6.45) is 0. The van der Waals surface area contributed by atoms with Crippen molar-refractivity contribution in [2.45, 2.75) is 17.9 Å². The second-order valence-corrected chi connectivity index (χ2v) is 8.89. The van der Waals surface area contributed by atoms with Crippen molar-refractivity contribution in [1.29, 1.82) is 0 Å². The van der Waals surface area contributed by atoms with E-state index in [9.17, 15) is 23.3 Å². The highest BCUT2D eigenvalue weighted by molar-refractivity contribution is 7.92. The van der Waals surface area contributed by atoms with Gasteiger partial charge in [0, 0.05) is 23.3 Å². The lowest BCUT2D eigenvalue weighted by atomic mass is 10.1. The fraction of sp³-hybridized carbons (Fsp3) is 0.174. The van der Waals surface area contributed by atoms with Crippen LogP contribution in [0.1, 0.15) is 28.9 Å². The number of nitro groups is 1. The fourth-order valence-electron chi connectivity index (χ4n) is 3.26. The molecule has 11 heteroatoms. The zero-order chi connectivity index (χ0) is 24.9. The Labute approximate surface area is 196 Å². The number of carbonyl (C=O) groups excluding carboxylic acids is 1. The van der Waals surface area contributed by atoms with Crippen LogP contribution < -0.4 is 19.5 Å². The molecule has 0 saturated heterocycles. The normalized spacial score (nSPS) is 11.9. The minimum absolute atomic E-state index is 0.0795. The highest BCUT2D eigenvalue weighted by Crippen LogP contribution is 2.31. The molecule has 0 spiro atoms. The topological polar surface area (TPSA) is 137 Å². The number of anilines is 1. The van der Waals surface area contributed by atoms with Crippen LogP contribution in [-0.2, 0) is 10.0 Å². The number of nitro benzene ring substituents is 1. The van der Waals surface area contributed by atoms with E-state index in [4.69, 9.17) is 9.47 Å². The smallest absolute Gasteiger partial charge is 0.271 e. The Morgan fingerprint density at radius 3 is 2.24 bits per heavy atom. The number of rotatable bonds is 9. The molecule has 10 nitrogen and oxygen atoms in total. The van der Waals surface area contributed by atoms with E-state index in [1.54, 1.807) is 13.2 Å². The van der Waals surface area contributed by atoms with Gasteiger partial charge in [-0.25, -0.2) is 8.42 Å². The number of nitrogens with zero attached hydrogens (tertiary/aromatic N) is 1. The second kappa shape index (κ2) is 10.2. The molecule has 0 fully saturated rings. The summed E-state index contributed by atoms with van der Waals surface area (Å²) in [5.41, 5.74) is 0.681. The summed E-state index contributed by atoms with van der Waals surface area (Å²) in [5, 5.41) is 13.9. The first-order chi connectivity index (χ1) is 16.2. The van der Waals surface area contributed by atoms with E-state index in [2.05, 4.69) is 10.0 Å². The van der Waals surface area contributed by atoms with E-state index >= 15 is 0 Å². The Balaban J connectivity index is 1.77. The second-order valence-electron chi connectivity index (χ2n) is 7.21. The Morgan fingerprint density at radius 1 is 0.971 bits per heavy atom. The number of hydrogen-bond acceptors (Lipinski definition) is 7. The van der Waals surface area contributed by atoms with Gasteiger partial charge in [0.15, 0.2) is 0 Å². The van der Waals surface area contributed by atoms with E-state index in [1.807, 2.05) is 25.1 Å². The summed E-state index contributed by atoms with van der Waals surface area (Å²) in [4.78, 5) is 22.9. The number of ether oxygens (including phenoxy) is 2. The van der Waals surface area contributed by atoms with Crippen LogP contribution in [0.3, 0.4) is 0 Å². The van der Waals surface area contributed by atoms with Crippen molar-refractivity contribution in [1.82, 2.24) is 5.32 Å². The van der Waals surface area contributed by atoms with Crippen LogP contribution in [0.15, 0.2) is 71.6 Å². The van der Waals surface area contributed by atoms with E-state index < -0.39 is 20.9 Å². The van der Waals surface area contributed by atoms with Gasteiger partial charge in [0.25, 0.3) is 21.6 Å². The molecule has 0 saturated carbocycles. The Hall–Kier alpha value is -4.12. The Morgan fingerprint density at radius 2 is 1.62 bits per heavy atom. The van der Waals surface area contributed by atoms with Crippen molar-refractivity contribution in [3.05, 3.63) is 88.0 Å². The van der Waals surface area contributed by atoms with Crippen molar-refractivity contribution in [2.24, 2.45) is 0 Å². The third-order valence-electron chi connectivity index (χ3n) is 5.02. The molecule has 0 aliphatic heterocycles. The van der Waals surface area contributed by atoms with E-state index in [-0.39, 0.29) is 33.6 Å². The Bertz CT molecular complexity index is 1310. The van der Waals surface area contributed by atoms with E-state index in [0.29, 0.717) is 5.75 Å². The van der Waals surface area contributed by atoms with Crippen molar-refractivity contribution < 1.29 is 27.6 Å². The van der Waals surface area contributed by atoms with E-state index in [0.717, 1.165) is 11.6 Å². The zero-order valence-electron chi connectivity index (χ0n) is 18.6. The summed E-state index contributed by atoms with van der Waals surface area (Å²) in [7, 11) is -1.24. The predicted molar refractivity (Wildman–Crippen MR) is 126 cm³/mol. The summed E-state index contributed by atoms with van der Waals surface area (Å²) < 4.78 is 38.3. The van der Waals surface area contributed by atoms with Gasteiger partial charge in [0.2, 0.25) is 0 Å². The molecule has 0 bridgehead atoms. The number of para-hydroxylation sites is 1. The van der Waals surface area contributed by atoms with Crippen molar-refractivity contribution in [3.63, 3.8) is 0 Å². The van der Waals surface area contributed by atoms with Gasteiger partial charge in [-0.2, -0.15) is 0 Å². The van der Waals surface area contributed by atoms with Gasteiger partial charge in [0.05, 0.1) is 35.8 Å². The highest BCUT2D eigenvalue weighted by atomic mass is 32.2. The third kappa shape index (κ3) is 5.44. The lowest BCUT2D eigenvalue weighted by Gasteiger charge is -2.17. The first-order valence-corrected chi connectivity index (χ1v) is 11.5. The third-order valence-corrected chi connectivity index (χ3v) is 6.40. The molecule has 1 atom stereocenters. The number of hydrogen-bond donors (Lipinski definition) is 2. The molecule has 2 N–H and O–H groups in total. The highest BCUT2D eigenvalue weighted by Gasteiger charge is 2.20. The van der Waals surface area contributed by atoms with Crippen LogP contribution in [0.25, 0.3) is 0 Å². The van der Waals surface area contributed by atoms with Gasteiger partial charge in [-0.1, -0.05) is 18.2 Å². The summed E-state index contributed by atoms with van der Waals surface area (Å²) in [6.45, 7) is 1.81. The predicted octanol–water partition coefficient (Wildman–Crippen LogP) is 3.90. The van der Waals surface area contributed by atoms with Crippen LogP contribution in [0, 0.1) is 10.1 Å². The largest absolute Gasteiger partial charge is 0.496 e. The Kier molecular flexibility index (Phi) is 7.37. The molecule has 0 aliphatic carbocycles. The van der Waals surface area contributed by atoms with Crippen LogP contribution >= 0.6 is 0 Å². The fourth-order valence-corrected chi connectivity index (χ4v) is 4.32. The van der Waals surface area contributed by atoms with Crippen LogP contribution in [0.2, 0.25) is 0 Å². The van der Waals surface area contributed by atoms with Crippen molar-refractivity contribution in [2.75, 3.05) is 18.9 Å². The number of benzene rings is 3. The molecule has 178 valence electrons. The molecule has 0 aliphatic rings. The molecule has 3 aromatic rings. The zero-order valence-corrected chi connectivity index (χ0v) is 19.5. The van der Waals surface area contributed by atoms with Crippen molar-refractivity contribution in [3.8, 4) is 11.5 Å². The standard InChI is InChI=1S/C23H23N3O7S/c1-15(19-6-4-5-7-21(19)32-2)24-23(27)16-8-11-18(12-9-16)34(30,31)25-20-14-17(26(28)29)10-13-22(20)33-3/h4-15,25H,1-3H3,(H,24,27). The quantitative estimate of drug-likeness (QED) is 0.346. The molecule has 0 aromatic heterocycles. The maximum Gasteiger partial charge on any atom is 0.271 e. The van der Waals surface area contributed by atoms with Gasteiger partial charge >= 0.3 is 0 Å². The minimum atomic E-state index is -4.11. The lowest BCUT2D eigenvalue weighted by Crippen LogP contribution is -2.27. The number of carbonyl (C=O) groups is 1. The molecule has 3 rings (SSSR count). The SMILES string of the molecule is COc1ccc([N+](=O)[O-])cc1NS(=O)(=O)c1ccc(C(=O)NC(C)c2ccccc2OC)cc1. The molecule has 34 heavy (non-hydrogen) atoms. The first kappa shape index (κ1) is 24.5. The molecule has 0 radical (unpaired) electrons. The summed E-state index contributed by atoms with van der Waals surface area (Å²) >= 11 is 0. The number of sulfonamides is 1.